The largest absolute Gasteiger partial charge is 0.449 e. The average Bonchev–Trinajstić information content (AvgIpc) is 2.66. The number of aryl methyl sites for hydroxylation is 1. The van der Waals surface area contributed by atoms with E-state index in [1.807, 2.05) is 6.07 Å². The Kier molecular flexibility index (Phi) is 6.66. The van der Waals surface area contributed by atoms with Crippen LogP contribution in [0.3, 0.4) is 0 Å². The quantitative estimate of drug-likeness (QED) is 0.524. The van der Waals surface area contributed by atoms with Crippen molar-refractivity contribution in [3.05, 3.63) is 63.2 Å². The number of piperazine rings is 1. The van der Waals surface area contributed by atoms with Crippen molar-refractivity contribution in [2.45, 2.75) is 12.8 Å². The van der Waals surface area contributed by atoms with E-state index >= 15 is 0 Å². The molecular formula is C20H24ClN3O3. The second kappa shape index (κ2) is 9.17. The minimum atomic E-state index is -0.407. The normalized spacial score (nSPS) is 15.6. The number of benzene rings is 2. The van der Waals surface area contributed by atoms with Gasteiger partial charge in [0.1, 0.15) is 5.75 Å². The Morgan fingerprint density at radius 2 is 1.85 bits per heavy atom. The molecule has 6 nitrogen and oxygen atoms in total. The van der Waals surface area contributed by atoms with Crippen LogP contribution in [-0.4, -0.2) is 54.5 Å². The number of nitro groups is 1. The first kappa shape index (κ1) is 19.6. The Balaban J connectivity index is 1.63. The SMILES string of the molecule is CN1CCN(CCCc2ccc(Oc3ccccc3Cl)c([N+](=O)[O-])c2)CC1. The van der Waals surface area contributed by atoms with Gasteiger partial charge in [0.2, 0.25) is 5.75 Å². The van der Waals surface area contributed by atoms with Gasteiger partial charge < -0.3 is 14.5 Å². The highest BCUT2D eigenvalue weighted by Crippen LogP contribution is 2.35. The predicted molar refractivity (Wildman–Crippen MR) is 107 cm³/mol. The molecule has 0 aliphatic carbocycles. The molecule has 3 rings (SSSR count). The number of hydrogen-bond acceptors (Lipinski definition) is 5. The van der Waals surface area contributed by atoms with Gasteiger partial charge in [-0.25, -0.2) is 0 Å². The molecule has 2 aromatic rings. The van der Waals surface area contributed by atoms with Gasteiger partial charge >= 0.3 is 5.69 Å². The zero-order valence-corrected chi connectivity index (χ0v) is 16.2. The van der Waals surface area contributed by atoms with Crippen molar-refractivity contribution in [1.29, 1.82) is 0 Å². The number of ether oxygens (including phenoxy) is 1. The highest BCUT2D eigenvalue weighted by atomic mass is 35.5. The molecule has 0 amide bonds. The van der Waals surface area contributed by atoms with Gasteiger partial charge in [0.15, 0.2) is 0 Å². The van der Waals surface area contributed by atoms with Gasteiger partial charge in [0.25, 0.3) is 0 Å². The summed E-state index contributed by atoms with van der Waals surface area (Å²) in [5.41, 5.74) is 0.911. The third-order valence-electron chi connectivity index (χ3n) is 4.81. The first-order valence-corrected chi connectivity index (χ1v) is 9.51. The van der Waals surface area contributed by atoms with E-state index in [0.717, 1.165) is 51.1 Å². The summed E-state index contributed by atoms with van der Waals surface area (Å²) >= 11 is 6.09. The fraction of sp³-hybridized carbons (Fsp3) is 0.400. The van der Waals surface area contributed by atoms with Gasteiger partial charge in [-0.15, -0.1) is 0 Å². The summed E-state index contributed by atoms with van der Waals surface area (Å²) in [6.07, 6.45) is 1.78. The highest BCUT2D eigenvalue weighted by molar-refractivity contribution is 6.32. The van der Waals surface area contributed by atoms with E-state index in [0.29, 0.717) is 10.8 Å². The number of nitro benzene ring substituents is 1. The van der Waals surface area contributed by atoms with E-state index in [9.17, 15) is 10.1 Å². The van der Waals surface area contributed by atoms with Crippen molar-refractivity contribution in [3.8, 4) is 11.5 Å². The molecule has 2 aromatic carbocycles. The zero-order valence-electron chi connectivity index (χ0n) is 15.4. The second-order valence-corrected chi connectivity index (χ2v) is 7.25. The molecule has 1 aliphatic heterocycles. The molecule has 27 heavy (non-hydrogen) atoms. The van der Waals surface area contributed by atoms with Gasteiger partial charge in [-0.3, -0.25) is 10.1 Å². The lowest BCUT2D eigenvalue weighted by Crippen LogP contribution is -2.44. The summed E-state index contributed by atoms with van der Waals surface area (Å²) in [4.78, 5) is 15.9. The summed E-state index contributed by atoms with van der Waals surface area (Å²) in [6.45, 7) is 5.38. The van der Waals surface area contributed by atoms with Gasteiger partial charge in [-0.05, 0) is 50.2 Å². The standard InChI is InChI=1S/C20H24ClN3O3/c1-22-11-13-23(14-12-22)10-4-5-16-8-9-20(18(15-16)24(25)26)27-19-7-3-2-6-17(19)21/h2-3,6-9,15H,4-5,10-14H2,1H3. The smallest absolute Gasteiger partial charge is 0.311 e. The Hall–Kier alpha value is -2.15. The molecule has 1 heterocycles. The Bertz CT molecular complexity index is 792. The molecule has 144 valence electrons. The molecule has 0 N–H and O–H groups in total. The Morgan fingerprint density at radius 1 is 1.11 bits per heavy atom. The summed E-state index contributed by atoms with van der Waals surface area (Å²) < 4.78 is 5.68. The van der Waals surface area contributed by atoms with E-state index in [1.165, 1.54) is 0 Å². The lowest BCUT2D eigenvalue weighted by atomic mass is 10.1. The van der Waals surface area contributed by atoms with Crippen LogP contribution in [0.5, 0.6) is 11.5 Å². The molecule has 0 radical (unpaired) electrons. The fourth-order valence-electron chi connectivity index (χ4n) is 3.17. The van der Waals surface area contributed by atoms with Crippen LogP contribution in [-0.2, 0) is 6.42 Å². The van der Waals surface area contributed by atoms with E-state index < -0.39 is 4.92 Å². The van der Waals surface area contributed by atoms with Crippen LogP contribution in [0.1, 0.15) is 12.0 Å². The van der Waals surface area contributed by atoms with Crippen molar-refractivity contribution in [2.75, 3.05) is 39.8 Å². The van der Waals surface area contributed by atoms with E-state index in [4.69, 9.17) is 16.3 Å². The zero-order chi connectivity index (χ0) is 19.2. The number of likely N-dealkylation sites (N-methyl/N-ethyl adjacent to an activating group) is 1. The maximum atomic E-state index is 11.5. The minimum absolute atomic E-state index is 0.0352. The van der Waals surface area contributed by atoms with Crippen molar-refractivity contribution in [3.63, 3.8) is 0 Å². The first-order valence-electron chi connectivity index (χ1n) is 9.13. The van der Waals surface area contributed by atoms with Crippen molar-refractivity contribution in [1.82, 2.24) is 9.80 Å². The van der Waals surface area contributed by atoms with Crippen LogP contribution in [0.4, 0.5) is 5.69 Å². The van der Waals surface area contributed by atoms with E-state index in [-0.39, 0.29) is 11.4 Å². The second-order valence-electron chi connectivity index (χ2n) is 6.84. The Morgan fingerprint density at radius 3 is 2.56 bits per heavy atom. The number of para-hydroxylation sites is 1. The molecule has 0 saturated carbocycles. The van der Waals surface area contributed by atoms with Crippen LogP contribution in [0.25, 0.3) is 0 Å². The van der Waals surface area contributed by atoms with Crippen LogP contribution >= 0.6 is 11.6 Å². The third kappa shape index (κ3) is 5.42. The molecule has 0 spiro atoms. The molecular weight excluding hydrogens is 366 g/mol. The van der Waals surface area contributed by atoms with Gasteiger partial charge in [0, 0.05) is 32.2 Å². The first-order chi connectivity index (χ1) is 13.0. The molecule has 0 bridgehead atoms. The van der Waals surface area contributed by atoms with Gasteiger partial charge in [0.05, 0.1) is 9.95 Å². The number of nitrogens with zero attached hydrogens (tertiary/aromatic N) is 3. The summed E-state index contributed by atoms with van der Waals surface area (Å²) in [5, 5.41) is 11.9. The molecule has 1 aliphatic rings. The van der Waals surface area contributed by atoms with Crippen molar-refractivity contribution < 1.29 is 9.66 Å². The molecule has 7 heteroatoms. The lowest BCUT2D eigenvalue weighted by molar-refractivity contribution is -0.385. The Labute approximate surface area is 164 Å². The van der Waals surface area contributed by atoms with Gasteiger partial charge in [-0.2, -0.15) is 0 Å². The molecule has 1 saturated heterocycles. The maximum absolute atomic E-state index is 11.5. The summed E-state index contributed by atoms with van der Waals surface area (Å²) in [5.74, 6) is 0.612. The lowest BCUT2D eigenvalue weighted by Gasteiger charge is -2.32. The number of halogens is 1. The van der Waals surface area contributed by atoms with Crippen LogP contribution < -0.4 is 4.74 Å². The molecule has 0 aromatic heterocycles. The van der Waals surface area contributed by atoms with Crippen molar-refractivity contribution >= 4 is 17.3 Å². The minimum Gasteiger partial charge on any atom is -0.449 e. The monoisotopic (exact) mass is 389 g/mol. The van der Waals surface area contributed by atoms with Crippen LogP contribution in [0.15, 0.2) is 42.5 Å². The van der Waals surface area contributed by atoms with Crippen molar-refractivity contribution in [2.24, 2.45) is 0 Å². The number of hydrogen-bond donors (Lipinski definition) is 0. The third-order valence-corrected chi connectivity index (χ3v) is 5.12. The van der Waals surface area contributed by atoms with E-state index in [1.54, 1.807) is 36.4 Å². The fourth-order valence-corrected chi connectivity index (χ4v) is 3.35. The van der Waals surface area contributed by atoms with Crippen LogP contribution in [0.2, 0.25) is 5.02 Å². The highest BCUT2D eigenvalue weighted by Gasteiger charge is 2.18. The summed E-state index contributed by atoms with van der Waals surface area (Å²) in [6, 6.07) is 12.1. The van der Waals surface area contributed by atoms with E-state index in [2.05, 4.69) is 16.8 Å². The molecule has 0 unspecified atom stereocenters. The molecule has 1 fully saturated rings. The molecule has 0 atom stereocenters. The predicted octanol–water partition coefficient (Wildman–Crippen LogP) is 4.22. The summed E-state index contributed by atoms with van der Waals surface area (Å²) in [7, 11) is 2.14. The average molecular weight is 390 g/mol. The van der Waals surface area contributed by atoms with Gasteiger partial charge in [-0.1, -0.05) is 29.8 Å². The number of rotatable bonds is 7. The maximum Gasteiger partial charge on any atom is 0.311 e. The van der Waals surface area contributed by atoms with Crippen LogP contribution in [0, 0.1) is 10.1 Å². The topological polar surface area (TPSA) is 58.8 Å².